The lowest BCUT2D eigenvalue weighted by atomic mass is 10.2. The average Bonchev–Trinajstić information content (AvgIpc) is 2.87. The van der Waals surface area contributed by atoms with E-state index in [-0.39, 0.29) is 6.10 Å². The molecule has 3 heterocycles. The van der Waals surface area contributed by atoms with Crippen LogP contribution in [0.15, 0.2) is 30.3 Å². The third kappa shape index (κ3) is 2.88. The fraction of sp³-hybridized carbons (Fsp3) is 0.412. The number of hydrogen-bond donors (Lipinski definition) is 0. The summed E-state index contributed by atoms with van der Waals surface area (Å²) in [4.78, 5) is 2.35. The Morgan fingerprint density at radius 3 is 3.00 bits per heavy atom. The van der Waals surface area contributed by atoms with Gasteiger partial charge in [0.1, 0.15) is 18.8 Å². The van der Waals surface area contributed by atoms with Crippen molar-refractivity contribution in [3.63, 3.8) is 0 Å². The number of benzene rings is 1. The highest BCUT2D eigenvalue weighted by atomic mass is 16.6. The van der Waals surface area contributed by atoms with Gasteiger partial charge in [0.15, 0.2) is 17.2 Å². The van der Waals surface area contributed by atoms with E-state index in [1.807, 2.05) is 35.0 Å². The van der Waals surface area contributed by atoms with Crippen molar-refractivity contribution in [3.8, 4) is 17.6 Å². The minimum absolute atomic E-state index is 0.0230. The van der Waals surface area contributed by atoms with E-state index in [4.69, 9.17) is 14.7 Å². The molecule has 0 N–H and O–H groups in total. The van der Waals surface area contributed by atoms with Crippen molar-refractivity contribution in [2.24, 2.45) is 0 Å². The fourth-order valence-electron chi connectivity index (χ4n) is 3.18. The molecule has 0 amide bonds. The first-order valence-corrected chi connectivity index (χ1v) is 7.89. The summed E-state index contributed by atoms with van der Waals surface area (Å²) in [6.07, 6.45) is 1.04. The van der Waals surface area contributed by atoms with Crippen LogP contribution in [0.2, 0.25) is 0 Å². The molecule has 0 aliphatic carbocycles. The lowest BCUT2D eigenvalue weighted by Gasteiger charge is -2.30. The van der Waals surface area contributed by atoms with Crippen molar-refractivity contribution < 1.29 is 9.47 Å². The molecule has 1 aromatic carbocycles. The average molecular weight is 310 g/mol. The van der Waals surface area contributed by atoms with Crippen LogP contribution in [-0.2, 0) is 13.1 Å². The van der Waals surface area contributed by atoms with Gasteiger partial charge in [-0.2, -0.15) is 10.4 Å². The van der Waals surface area contributed by atoms with Crippen LogP contribution in [0.5, 0.6) is 11.5 Å². The van der Waals surface area contributed by atoms with Gasteiger partial charge >= 0.3 is 0 Å². The number of aryl methyl sites for hydroxylation is 1. The van der Waals surface area contributed by atoms with E-state index in [2.05, 4.69) is 16.1 Å². The zero-order valence-corrected chi connectivity index (χ0v) is 12.8. The number of fused-ring (bicyclic) bond motifs is 2. The summed E-state index contributed by atoms with van der Waals surface area (Å²) in [5.74, 6) is 1.63. The predicted molar refractivity (Wildman–Crippen MR) is 83.2 cm³/mol. The first-order chi connectivity index (χ1) is 11.3. The molecule has 2 aromatic rings. The highest BCUT2D eigenvalue weighted by Crippen LogP contribution is 2.31. The molecule has 0 spiro atoms. The minimum Gasteiger partial charge on any atom is -0.486 e. The Morgan fingerprint density at radius 2 is 2.13 bits per heavy atom. The smallest absolute Gasteiger partial charge is 0.162 e. The monoisotopic (exact) mass is 310 g/mol. The molecule has 1 atom stereocenters. The molecule has 23 heavy (non-hydrogen) atoms. The van der Waals surface area contributed by atoms with Crippen LogP contribution in [0.1, 0.15) is 17.8 Å². The highest BCUT2D eigenvalue weighted by Gasteiger charge is 2.25. The third-order valence-corrected chi connectivity index (χ3v) is 4.24. The second kappa shape index (κ2) is 5.94. The van der Waals surface area contributed by atoms with Crippen molar-refractivity contribution in [2.45, 2.75) is 25.6 Å². The highest BCUT2D eigenvalue weighted by molar-refractivity contribution is 5.40. The molecule has 0 fully saturated rings. The van der Waals surface area contributed by atoms with E-state index in [9.17, 15) is 0 Å². The van der Waals surface area contributed by atoms with Crippen molar-refractivity contribution in [1.29, 1.82) is 5.26 Å². The van der Waals surface area contributed by atoms with Crippen LogP contribution < -0.4 is 9.47 Å². The summed E-state index contributed by atoms with van der Waals surface area (Å²) in [7, 11) is 0. The fourth-order valence-corrected chi connectivity index (χ4v) is 3.18. The molecular formula is C17H18N4O2. The topological polar surface area (TPSA) is 63.3 Å². The molecule has 0 saturated carbocycles. The van der Waals surface area contributed by atoms with Gasteiger partial charge < -0.3 is 9.47 Å². The van der Waals surface area contributed by atoms with E-state index in [0.29, 0.717) is 12.3 Å². The Hall–Kier alpha value is -2.52. The second-order valence-corrected chi connectivity index (χ2v) is 5.94. The van der Waals surface area contributed by atoms with Crippen LogP contribution in [0.3, 0.4) is 0 Å². The number of aromatic nitrogens is 2. The van der Waals surface area contributed by atoms with Gasteiger partial charge in [-0.3, -0.25) is 9.58 Å². The van der Waals surface area contributed by atoms with Gasteiger partial charge in [0.05, 0.1) is 5.69 Å². The third-order valence-electron chi connectivity index (χ3n) is 4.24. The number of hydrogen-bond acceptors (Lipinski definition) is 5. The van der Waals surface area contributed by atoms with Gasteiger partial charge in [0.2, 0.25) is 0 Å². The van der Waals surface area contributed by atoms with E-state index in [0.717, 1.165) is 49.8 Å². The number of para-hydroxylation sites is 2. The SMILES string of the molecule is N#Cc1cc2n(n1)CCCN(CC1COc3ccccc3O1)C2. The molecular weight excluding hydrogens is 292 g/mol. The van der Waals surface area contributed by atoms with E-state index in [1.54, 1.807) is 0 Å². The van der Waals surface area contributed by atoms with Crippen molar-refractivity contribution in [1.82, 2.24) is 14.7 Å². The summed E-state index contributed by atoms with van der Waals surface area (Å²) in [6.45, 7) is 4.01. The van der Waals surface area contributed by atoms with Crippen molar-refractivity contribution in [2.75, 3.05) is 19.7 Å². The van der Waals surface area contributed by atoms with Gasteiger partial charge in [-0.05, 0) is 24.6 Å². The zero-order valence-electron chi connectivity index (χ0n) is 12.8. The van der Waals surface area contributed by atoms with Crippen molar-refractivity contribution >= 4 is 0 Å². The predicted octanol–water partition coefficient (Wildman–Crippen LogP) is 1.80. The van der Waals surface area contributed by atoms with Gasteiger partial charge in [-0.25, -0.2) is 0 Å². The van der Waals surface area contributed by atoms with Crippen LogP contribution in [0.25, 0.3) is 0 Å². The molecule has 2 aliphatic heterocycles. The molecule has 0 bridgehead atoms. The molecule has 4 rings (SSSR count). The number of rotatable bonds is 2. The van der Waals surface area contributed by atoms with E-state index < -0.39 is 0 Å². The summed E-state index contributed by atoms with van der Waals surface area (Å²) < 4.78 is 13.8. The van der Waals surface area contributed by atoms with Gasteiger partial charge in [0.25, 0.3) is 0 Å². The number of ether oxygens (including phenoxy) is 2. The summed E-state index contributed by atoms with van der Waals surface area (Å²) in [6, 6.07) is 11.8. The Balaban J connectivity index is 1.44. The lowest BCUT2D eigenvalue weighted by molar-refractivity contribution is 0.0569. The summed E-state index contributed by atoms with van der Waals surface area (Å²) >= 11 is 0. The maximum atomic E-state index is 9.00. The van der Waals surface area contributed by atoms with Crippen LogP contribution in [0.4, 0.5) is 0 Å². The Kier molecular flexibility index (Phi) is 3.64. The van der Waals surface area contributed by atoms with Crippen LogP contribution in [0, 0.1) is 11.3 Å². The first kappa shape index (κ1) is 14.1. The summed E-state index contributed by atoms with van der Waals surface area (Å²) in [5.41, 5.74) is 1.59. The largest absolute Gasteiger partial charge is 0.486 e. The normalized spacial score (nSPS) is 20.4. The molecule has 2 aliphatic rings. The van der Waals surface area contributed by atoms with E-state index in [1.165, 1.54) is 0 Å². The molecule has 0 saturated heterocycles. The van der Waals surface area contributed by atoms with Gasteiger partial charge in [0, 0.05) is 26.2 Å². The quantitative estimate of drug-likeness (QED) is 0.846. The Labute approximate surface area is 134 Å². The van der Waals surface area contributed by atoms with Crippen LogP contribution in [-0.4, -0.2) is 40.5 Å². The standard InChI is InChI=1S/C17H18N4O2/c18-9-13-8-14-10-20(6-3-7-21(14)19-13)11-15-12-22-16-4-1-2-5-17(16)23-15/h1-2,4-5,8,15H,3,6-7,10-12H2. The lowest BCUT2D eigenvalue weighted by Crippen LogP contribution is -2.40. The van der Waals surface area contributed by atoms with Gasteiger partial charge in [-0.15, -0.1) is 0 Å². The Bertz CT molecular complexity index is 749. The van der Waals surface area contributed by atoms with Crippen molar-refractivity contribution in [3.05, 3.63) is 41.7 Å². The molecule has 6 heteroatoms. The first-order valence-electron chi connectivity index (χ1n) is 7.89. The van der Waals surface area contributed by atoms with E-state index >= 15 is 0 Å². The second-order valence-electron chi connectivity index (χ2n) is 5.94. The molecule has 1 unspecified atom stereocenters. The maximum absolute atomic E-state index is 9.00. The minimum atomic E-state index is 0.0230. The molecule has 0 radical (unpaired) electrons. The molecule has 6 nitrogen and oxygen atoms in total. The number of nitriles is 1. The summed E-state index contributed by atoms with van der Waals surface area (Å²) in [5, 5.41) is 13.3. The maximum Gasteiger partial charge on any atom is 0.162 e. The molecule has 1 aromatic heterocycles. The van der Waals surface area contributed by atoms with Crippen LogP contribution >= 0.6 is 0 Å². The van der Waals surface area contributed by atoms with Gasteiger partial charge in [-0.1, -0.05) is 12.1 Å². The molecule has 118 valence electrons. The zero-order chi connectivity index (χ0) is 15.6. The number of nitrogens with zero attached hydrogens (tertiary/aromatic N) is 4. The Morgan fingerprint density at radius 1 is 1.26 bits per heavy atom.